The molecule has 0 saturated carbocycles. The first-order valence-corrected chi connectivity index (χ1v) is 8.42. The number of rotatable bonds is 5. The second kappa shape index (κ2) is 7.58. The van der Waals surface area contributed by atoms with E-state index in [2.05, 4.69) is 39.3 Å². The Labute approximate surface area is 138 Å². The van der Waals surface area contributed by atoms with Crippen molar-refractivity contribution in [3.05, 3.63) is 47.3 Å². The zero-order valence-corrected chi connectivity index (χ0v) is 13.4. The standard InChI is InChI=1S/C18H24N4O/c1-19-17-8-5-10-22(17)18(23)12-20-16-9-11-21(14-16)13-15-6-3-2-4-7-15/h2-4,6-7,16-17,20H,5,8-14H2/t16-,17+/m1/s1. The fraction of sp³-hybridized carbons (Fsp3) is 0.556. The van der Waals surface area contributed by atoms with Crippen LogP contribution in [0.1, 0.15) is 24.8 Å². The van der Waals surface area contributed by atoms with E-state index in [-0.39, 0.29) is 12.1 Å². The van der Waals surface area contributed by atoms with E-state index in [9.17, 15) is 4.79 Å². The Morgan fingerprint density at radius 2 is 2.09 bits per heavy atom. The van der Waals surface area contributed by atoms with Crippen molar-refractivity contribution in [2.24, 2.45) is 0 Å². The first-order chi connectivity index (χ1) is 11.3. The molecule has 0 aromatic heterocycles. The molecule has 1 aromatic carbocycles. The lowest BCUT2D eigenvalue weighted by Crippen LogP contribution is -2.43. The molecule has 2 aliphatic heterocycles. The topological polar surface area (TPSA) is 39.9 Å². The Hall–Kier alpha value is -1.90. The number of nitrogens with zero attached hydrogens (tertiary/aromatic N) is 3. The summed E-state index contributed by atoms with van der Waals surface area (Å²) in [6.45, 7) is 11.3. The quantitative estimate of drug-likeness (QED) is 0.842. The van der Waals surface area contributed by atoms with Gasteiger partial charge in [0.05, 0.1) is 6.54 Å². The predicted molar refractivity (Wildman–Crippen MR) is 89.5 cm³/mol. The van der Waals surface area contributed by atoms with Crippen molar-refractivity contribution in [2.75, 3.05) is 26.2 Å². The maximum atomic E-state index is 12.3. The molecule has 5 nitrogen and oxygen atoms in total. The third-order valence-electron chi connectivity index (χ3n) is 4.75. The van der Waals surface area contributed by atoms with Crippen LogP contribution < -0.4 is 5.32 Å². The number of hydrogen-bond acceptors (Lipinski definition) is 3. The Bertz CT molecular complexity index is 568. The largest absolute Gasteiger partial charge is 0.304 e. The molecule has 0 aliphatic carbocycles. The van der Waals surface area contributed by atoms with Gasteiger partial charge in [0, 0.05) is 38.6 Å². The summed E-state index contributed by atoms with van der Waals surface area (Å²) in [4.78, 5) is 20.0. The fourth-order valence-corrected chi connectivity index (χ4v) is 3.49. The maximum absolute atomic E-state index is 12.3. The zero-order chi connectivity index (χ0) is 16.1. The van der Waals surface area contributed by atoms with E-state index >= 15 is 0 Å². The van der Waals surface area contributed by atoms with E-state index in [1.807, 2.05) is 6.07 Å². The Morgan fingerprint density at radius 1 is 1.26 bits per heavy atom. The maximum Gasteiger partial charge on any atom is 0.300 e. The minimum atomic E-state index is -0.234. The van der Waals surface area contributed by atoms with Crippen molar-refractivity contribution in [2.45, 2.75) is 38.0 Å². The van der Waals surface area contributed by atoms with Gasteiger partial charge in [0.25, 0.3) is 0 Å². The van der Waals surface area contributed by atoms with Gasteiger partial charge in [-0.25, -0.2) is 6.57 Å². The SMILES string of the molecule is [C-]#[N+][C@@H]1CCCN1C(=O)CN[C@@H]1CCN(Cc2ccccc2)C1. The fourth-order valence-electron chi connectivity index (χ4n) is 3.49. The van der Waals surface area contributed by atoms with Gasteiger partial charge in [0.1, 0.15) is 0 Å². The highest BCUT2D eigenvalue weighted by Gasteiger charge is 2.33. The van der Waals surface area contributed by atoms with Crippen molar-refractivity contribution >= 4 is 5.91 Å². The summed E-state index contributed by atoms with van der Waals surface area (Å²) in [7, 11) is 0. The van der Waals surface area contributed by atoms with Gasteiger partial charge >= 0.3 is 6.17 Å². The number of hydrogen-bond donors (Lipinski definition) is 1. The van der Waals surface area contributed by atoms with Crippen molar-refractivity contribution in [3.63, 3.8) is 0 Å². The second-order valence-electron chi connectivity index (χ2n) is 6.43. The first kappa shape index (κ1) is 16.0. The van der Waals surface area contributed by atoms with Gasteiger partial charge in [-0.2, -0.15) is 0 Å². The van der Waals surface area contributed by atoms with Crippen molar-refractivity contribution in [3.8, 4) is 0 Å². The molecule has 0 radical (unpaired) electrons. The molecule has 2 saturated heterocycles. The van der Waals surface area contributed by atoms with Gasteiger partial charge < -0.3 is 5.32 Å². The summed E-state index contributed by atoms with van der Waals surface area (Å²) in [5.41, 5.74) is 1.33. The first-order valence-electron chi connectivity index (χ1n) is 8.42. The monoisotopic (exact) mass is 312 g/mol. The van der Waals surface area contributed by atoms with Crippen LogP contribution in [0.5, 0.6) is 0 Å². The smallest absolute Gasteiger partial charge is 0.300 e. The van der Waals surface area contributed by atoms with Gasteiger partial charge in [-0.15, -0.1) is 0 Å². The third kappa shape index (κ3) is 4.10. The number of carbonyl (C=O) groups is 1. The van der Waals surface area contributed by atoms with Crippen LogP contribution >= 0.6 is 0 Å². The van der Waals surface area contributed by atoms with E-state index in [1.54, 1.807) is 4.90 Å². The van der Waals surface area contributed by atoms with Gasteiger partial charge in [-0.1, -0.05) is 30.3 Å². The summed E-state index contributed by atoms with van der Waals surface area (Å²) in [5, 5.41) is 3.38. The van der Waals surface area contributed by atoms with E-state index in [4.69, 9.17) is 6.57 Å². The van der Waals surface area contributed by atoms with Crippen molar-refractivity contribution in [1.29, 1.82) is 0 Å². The predicted octanol–water partition coefficient (Wildman–Crippen LogP) is 1.72. The van der Waals surface area contributed by atoms with E-state index in [0.717, 1.165) is 45.4 Å². The number of nitrogens with one attached hydrogen (secondary N) is 1. The van der Waals surface area contributed by atoms with Crippen LogP contribution in [0.15, 0.2) is 30.3 Å². The summed E-state index contributed by atoms with van der Waals surface area (Å²) in [5.74, 6) is 0.0741. The number of benzene rings is 1. The van der Waals surface area contributed by atoms with Gasteiger partial charge in [-0.3, -0.25) is 19.4 Å². The molecule has 1 amide bonds. The number of amides is 1. The molecule has 0 bridgehead atoms. The summed E-state index contributed by atoms with van der Waals surface area (Å²) < 4.78 is 0. The lowest BCUT2D eigenvalue weighted by atomic mass is 10.2. The van der Waals surface area contributed by atoms with Gasteiger partial charge in [0.15, 0.2) is 0 Å². The van der Waals surface area contributed by atoms with Crippen molar-refractivity contribution in [1.82, 2.24) is 15.1 Å². The summed E-state index contributed by atoms with van der Waals surface area (Å²) in [6.07, 6.45) is 2.62. The average molecular weight is 312 g/mol. The minimum Gasteiger partial charge on any atom is -0.304 e. The molecule has 23 heavy (non-hydrogen) atoms. The highest BCUT2D eigenvalue weighted by Crippen LogP contribution is 2.18. The molecule has 5 heteroatoms. The average Bonchev–Trinajstić information content (AvgIpc) is 3.22. The lowest BCUT2D eigenvalue weighted by Gasteiger charge is -2.19. The molecule has 2 atom stereocenters. The normalized spacial score (nSPS) is 24.7. The van der Waals surface area contributed by atoms with Crippen LogP contribution in [0.25, 0.3) is 4.85 Å². The molecule has 0 spiro atoms. The van der Waals surface area contributed by atoms with Crippen LogP contribution in [0.4, 0.5) is 0 Å². The molecule has 0 unspecified atom stereocenters. The second-order valence-corrected chi connectivity index (χ2v) is 6.43. The van der Waals surface area contributed by atoms with Gasteiger partial charge in [0.2, 0.25) is 5.91 Å². The molecule has 2 aliphatic rings. The lowest BCUT2D eigenvalue weighted by molar-refractivity contribution is -0.130. The number of carbonyl (C=O) groups excluding carboxylic acids is 1. The third-order valence-corrected chi connectivity index (χ3v) is 4.75. The van der Waals surface area contributed by atoms with Crippen LogP contribution in [0, 0.1) is 6.57 Å². The Kier molecular flexibility index (Phi) is 5.27. The van der Waals surface area contributed by atoms with Crippen LogP contribution in [-0.2, 0) is 11.3 Å². The molecule has 1 N–H and O–H groups in total. The molecular formula is C18H24N4O. The zero-order valence-electron chi connectivity index (χ0n) is 13.4. The highest BCUT2D eigenvalue weighted by molar-refractivity contribution is 5.79. The molecule has 1 aromatic rings. The molecule has 2 fully saturated rings. The molecule has 122 valence electrons. The minimum absolute atomic E-state index is 0.0741. The Balaban J connectivity index is 1.42. The Morgan fingerprint density at radius 3 is 2.87 bits per heavy atom. The molecule has 3 rings (SSSR count). The van der Waals surface area contributed by atoms with Crippen molar-refractivity contribution < 1.29 is 4.79 Å². The molecule has 2 heterocycles. The van der Waals surface area contributed by atoms with Crippen LogP contribution in [-0.4, -0.2) is 54.1 Å². The van der Waals surface area contributed by atoms with Crippen LogP contribution in [0.2, 0.25) is 0 Å². The summed E-state index contributed by atoms with van der Waals surface area (Å²) in [6, 6.07) is 10.9. The number of likely N-dealkylation sites (tertiary alicyclic amines) is 2. The highest BCUT2D eigenvalue weighted by atomic mass is 16.2. The van der Waals surface area contributed by atoms with Crippen LogP contribution in [0.3, 0.4) is 0 Å². The van der Waals surface area contributed by atoms with Gasteiger partial charge in [-0.05, 0) is 18.4 Å². The van der Waals surface area contributed by atoms with E-state index in [0.29, 0.717) is 12.6 Å². The van der Waals surface area contributed by atoms with E-state index in [1.165, 1.54) is 5.56 Å². The molecular weight excluding hydrogens is 288 g/mol. The van der Waals surface area contributed by atoms with E-state index < -0.39 is 0 Å². The summed E-state index contributed by atoms with van der Waals surface area (Å²) >= 11 is 0.